The van der Waals surface area contributed by atoms with Gasteiger partial charge in [-0.05, 0) is 93.8 Å². The van der Waals surface area contributed by atoms with E-state index in [1.54, 1.807) is 0 Å². The molecule has 62 heavy (non-hydrogen) atoms. The number of fused-ring (bicyclic) bond motifs is 2. The van der Waals surface area contributed by atoms with Crippen LogP contribution in [0.3, 0.4) is 0 Å². The van der Waals surface area contributed by atoms with Gasteiger partial charge in [0.15, 0.2) is 11.5 Å². The maximum Gasteiger partial charge on any atom is 0.171 e. The summed E-state index contributed by atoms with van der Waals surface area (Å²) < 4.78 is 19.8. The molecule has 1 heterocycles. The summed E-state index contributed by atoms with van der Waals surface area (Å²) in [7, 11) is -2.02. The van der Waals surface area contributed by atoms with Gasteiger partial charge in [-0.15, -0.1) is 0 Å². The van der Waals surface area contributed by atoms with Crippen LogP contribution >= 0.6 is 15.8 Å². The van der Waals surface area contributed by atoms with E-state index in [0.717, 1.165) is 34.1 Å². The Bertz CT molecular complexity index is 2560. The van der Waals surface area contributed by atoms with Crippen molar-refractivity contribution >= 4 is 47.7 Å². The van der Waals surface area contributed by atoms with Gasteiger partial charge in [-0.1, -0.05) is 202 Å². The van der Waals surface area contributed by atoms with E-state index in [2.05, 4.69) is 224 Å². The van der Waals surface area contributed by atoms with Crippen molar-refractivity contribution in [3.8, 4) is 34.1 Å². The van der Waals surface area contributed by atoms with Crippen molar-refractivity contribution in [2.45, 2.75) is 59.2 Å². The van der Waals surface area contributed by atoms with Gasteiger partial charge in [0, 0.05) is 27.4 Å². The van der Waals surface area contributed by atoms with Crippen LogP contribution in [0.1, 0.15) is 52.7 Å². The van der Waals surface area contributed by atoms with Crippen LogP contribution in [0.15, 0.2) is 206 Å². The van der Waals surface area contributed by atoms with E-state index in [9.17, 15) is 0 Å². The average molecular weight is 849 g/mol. The maximum atomic E-state index is 7.03. The Kier molecular flexibility index (Phi) is 13.3. The van der Waals surface area contributed by atoms with Gasteiger partial charge >= 0.3 is 0 Å². The zero-order valence-electron chi connectivity index (χ0n) is 36.4. The predicted molar refractivity (Wildman–Crippen MR) is 266 cm³/mol. The molecular formula is C57H54O3P2. The lowest BCUT2D eigenvalue weighted by Crippen LogP contribution is -2.37. The summed E-state index contributed by atoms with van der Waals surface area (Å²) in [5.74, 6) is 3.61. The Morgan fingerprint density at radius 1 is 0.419 bits per heavy atom. The Balaban J connectivity index is 0.000000274. The van der Waals surface area contributed by atoms with E-state index in [1.807, 2.05) is 24.3 Å². The molecule has 0 atom stereocenters. The van der Waals surface area contributed by atoms with E-state index in [0.29, 0.717) is 0 Å². The SMILES string of the molecule is CC(C)Oc1c(-c2ccccc2)cc(P(c2ccccc2)c2ccccc2)c(P(c2ccccc2)c2ccccc2)c1OC(C)C.CC1(C)c2ccccc2Oc2ccccc21. The zero-order chi connectivity index (χ0) is 43.1. The van der Waals surface area contributed by atoms with Gasteiger partial charge < -0.3 is 14.2 Å². The molecule has 8 aromatic carbocycles. The smallest absolute Gasteiger partial charge is 0.171 e. The summed E-state index contributed by atoms with van der Waals surface area (Å²) in [6, 6.07) is 73.4. The van der Waals surface area contributed by atoms with Crippen LogP contribution in [0.5, 0.6) is 23.0 Å². The number of benzene rings is 8. The Labute approximate surface area is 370 Å². The van der Waals surface area contributed by atoms with Gasteiger partial charge in [0.05, 0.1) is 12.2 Å². The van der Waals surface area contributed by atoms with E-state index in [-0.39, 0.29) is 17.6 Å². The fourth-order valence-electron chi connectivity index (χ4n) is 8.08. The number of para-hydroxylation sites is 2. The van der Waals surface area contributed by atoms with Crippen molar-refractivity contribution in [3.05, 3.63) is 217 Å². The van der Waals surface area contributed by atoms with Crippen molar-refractivity contribution in [2.75, 3.05) is 0 Å². The third-order valence-electron chi connectivity index (χ3n) is 10.8. The van der Waals surface area contributed by atoms with Crippen LogP contribution in [-0.4, -0.2) is 12.2 Å². The number of ether oxygens (including phenoxy) is 3. The van der Waals surface area contributed by atoms with Crippen molar-refractivity contribution in [1.29, 1.82) is 0 Å². The van der Waals surface area contributed by atoms with E-state index in [4.69, 9.17) is 14.2 Å². The summed E-state index contributed by atoms with van der Waals surface area (Å²) in [5, 5.41) is 7.66. The average Bonchev–Trinajstić information content (AvgIpc) is 3.30. The lowest BCUT2D eigenvalue weighted by atomic mass is 9.76. The second kappa shape index (κ2) is 19.4. The minimum Gasteiger partial charge on any atom is -0.486 e. The monoisotopic (exact) mass is 848 g/mol. The molecule has 8 aromatic rings. The minimum atomic E-state index is -1.04. The number of hydrogen-bond donors (Lipinski definition) is 0. The fourth-order valence-corrected chi connectivity index (χ4v) is 13.5. The van der Waals surface area contributed by atoms with E-state index in [1.165, 1.54) is 43.0 Å². The van der Waals surface area contributed by atoms with Crippen LogP contribution in [-0.2, 0) is 5.41 Å². The zero-order valence-corrected chi connectivity index (χ0v) is 38.2. The fraction of sp³-hybridized carbons (Fsp3) is 0.158. The largest absolute Gasteiger partial charge is 0.486 e. The lowest BCUT2D eigenvalue weighted by molar-refractivity contribution is 0.201. The minimum absolute atomic E-state index is 0.0193. The van der Waals surface area contributed by atoms with Crippen LogP contribution < -0.4 is 46.0 Å². The molecule has 0 bridgehead atoms. The summed E-state index contributed by atoms with van der Waals surface area (Å²) in [5.41, 5.74) is 4.70. The Morgan fingerprint density at radius 3 is 1.19 bits per heavy atom. The molecule has 5 heteroatoms. The summed E-state index contributed by atoms with van der Waals surface area (Å²) in [6.45, 7) is 12.9. The molecule has 9 rings (SSSR count). The predicted octanol–water partition coefficient (Wildman–Crippen LogP) is 12.6. The molecule has 0 saturated carbocycles. The topological polar surface area (TPSA) is 27.7 Å². The molecule has 1 aliphatic rings. The van der Waals surface area contributed by atoms with Gasteiger partial charge in [0.25, 0.3) is 0 Å². The quantitative estimate of drug-likeness (QED) is 0.121. The number of hydrogen-bond acceptors (Lipinski definition) is 3. The molecule has 0 amide bonds. The first-order valence-electron chi connectivity index (χ1n) is 21.5. The molecule has 3 nitrogen and oxygen atoms in total. The van der Waals surface area contributed by atoms with E-state index >= 15 is 0 Å². The van der Waals surface area contributed by atoms with E-state index < -0.39 is 15.8 Å². The first kappa shape index (κ1) is 42.7. The molecule has 0 N–H and O–H groups in total. The molecule has 1 aliphatic heterocycles. The Hall–Kier alpha value is -5.98. The maximum absolute atomic E-state index is 7.03. The van der Waals surface area contributed by atoms with Gasteiger partial charge in [-0.2, -0.15) is 0 Å². The summed E-state index contributed by atoms with van der Waals surface area (Å²) >= 11 is 0. The standard InChI is InChI=1S/C42H40O2P2.C15H14O/c1-31(2)43-40-38(33-20-10-5-11-21-33)30-39(45(34-22-12-6-13-23-34)35-24-14-7-15-25-35)42(41(40)44-32(3)4)46(36-26-16-8-17-27-36)37-28-18-9-19-29-37;1-15(2)11-7-3-5-9-13(11)16-14-10-6-4-8-12(14)15/h5-32H,1-4H3;3-10H,1-2H3. The second-order valence-electron chi connectivity index (χ2n) is 16.4. The van der Waals surface area contributed by atoms with Gasteiger partial charge in [-0.25, -0.2) is 0 Å². The van der Waals surface area contributed by atoms with Crippen molar-refractivity contribution in [1.82, 2.24) is 0 Å². The van der Waals surface area contributed by atoms with Crippen molar-refractivity contribution in [3.63, 3.8) is 0 Å². The third-order valence-corrected chi connectivity index (χ3v) is 16.0. The summed E-state index contributed by atoms with van der Waals surface area (Å²) in [6.07, 6.45) is -0.102. The molecule has 0 spiro atoms. The second-order valence-corrected chi connectivity index (χ2v) is 20.7. The molecular weight excluding hydrogens is 795 g/mol. The highest BCUT2D eigenvalue weighted by Crippen LogP contribution is 2.50. The molecule has 310 valence electrons. The lowest BCUT2D eigenvalue weighted by Gasteiger charge is -2.34. The molecule has 0 aliphatic carbocycles. The van der Waals surface area contributed by atoms with Crippen molar-refractivity contribution in [2.24, 2.45) is 0 Å². The van der Waals surface area contributed by atoms with Gasteiger partial charge in [-0.3, -0.25) is 0 Å². The third kappa shape index (κ3) is 9.27. The molecule has 0 radical (unpaired) electrons. The Morgan fingerprint density at radius 2 is 0.774 bits per heavy atom. The molecule has 0 unspecified atom stereocenters. The van der Waals surface area contributed by atoms with Crippen molar-refractivity contribution < 1.29 is 14.2 Å². The summed E-state index contributed by atoms with van der Waals surface area (Å²) in [4.78, 5) is 0. The number of rotatable bonds is 11. The van der Waals surface area contributed by atoms with Crippen LogP contribution in [0, 0.1) is 0 Å². The first-order chi connectivity index (χ1) is 30.2. The first-order valence-corrected chi connectivity index (χ1v) is 24.2. The highest BCUT2D eigenvalue weighted by atomic mass is 31.1. The van der Waals surface area contributed by atoms with Crippen LogP contribution in [0.2, 0.25) is 0 Å². The highest BCUT2D eigenvalue weighted by Gasteiger charge is 2.35. The highest BCUT2D eigenvalue weighted by molar-refractivity contribution is 7.85. The normalized spacial score (nSPS) is 12.5. The van der Waals surface area contributed by atoms with Gasteiger partial charge in [0.1, 0.15) is 11.5 Å². The molecule has 0 aromatic heterocycles. The van der Waals surface area contributed by atoms with Gasteiger partial charge in [0.2, 0.25) is 0 Å². The van der Waals surface area contributed by atoms with Crippen LogP contribution in [0.4, 0.5) is 0 Å². The molecule has 0 saturated heterocycles. The van der Waals surface area contributed by atoms with Crippen LogP contribution in [0.25, 0.3) is 11.1 Å². The molecule has 0 fully saturated rings.